The molecular formula is C23H38FIN4O2. The summed E-state index contributed by atoms with van der Waals surface area (Å²) in [5.41, 5.74) is 0.876. The van der Waals surface area contributed by atoms with Crippen molar-refractivity contribution in [1.29, 1.82) is 0 Å². The van der Waals surface area contributed by atoms with E-state index in [9.17, 15) is 4.39 Å². The summed E-state index contributed by atoms with van der Waals surface area (Å²) in [6.45, 7) is 7.66. The second kappa shape index (κ2) is 12.2. The predicted octanol–water partition coefficient (Wildman–Crippen LogP) is 3.96. The Kier molecular flexibility index (Phi) is 10.3. The molecule has 2 N–H and O–H groups in total. The number of benzene rings is 1. The molecule has 1 aromatic carbocycles. The van der Waals surface area contributed by atoms with Crippen molar-refractivity contribution in [2.45, 2.75) is 51.1 Å². The van der Waals surface area contributed by atoms with E-state index in [0.29, 0.717) is 24.8 Å². The van der Waals surface area contributed by atoms with Crippen molar-refractivity contribution in [2.24, 2.45) is 10.9 Å². The molecule has 1 unspecified atom stereocenters. The molecule has 0 aromatic heterocycles. The first kappa shape index (κ1) is 26.1. The first-order valence-corrected chi connectivity index (χ1v) is 11.2. The molecule has 1 saturated carbocycles. The van der Waals surface area contributed by atoms with Gasteiger partial charge in [0.1, 0.15) is 0 Å². The van der Waals surface area contributed by atoms with Gasteiger partial charge in [0.15, 0.2) is 17.5 Å². The lowest BCUT2D eigenvalue weighted by Crippen LogP contribution is -2.51. The van der Waals surface area contributed by atoms with E-state index in [1.807, 2.05) is 19.9 Å². The molecule has 8 heteroatoms. The number of rotatable bonds is 9. The minimum absolute atomic E-state index is 0. The molecule has 2 fully saturated rings. The van der Waals surface area contributed by atoms with Crippen molar-refractivity contribution in [3.8, 4) is 5.75 Å². The molecule has 31 heavy (non-hydrogen) atoms. The maximum Gasteiger partial charge on any atom is 0.191 e. The van der Waals surface area contributed by atoms with Crippen LogP contribution in [-0.2, 0) is 4.74 Å². The Hall–Kier alpha value is -1.13. The summed E-state index contributed by atoms with van der Waals surface area (Å²) < 4.78 is 25.6. The van der Waals surface area contributed by atoms with Crippen molar-refractivity contribution in [2.75, 3.05) is 47.0 Å². The van der Waals surface area contributed by atoms with Crippen molar-refractivity contribution < 1.29 is 13.9 Å². The predicted molar refractivity (Wildman–Crippen MR) is 134 cm³/mol. The number of ether oxygens (including phenoxy) is 2. The summed E-state index contributed by atoms with van der Waals surface area (Å²) in [4.78, 5) is 7.14. The van der Waals surface area contributed by atoms with E-state index in [-0.39, 0.29) is 41.4 Å². The SMILES string of the molecule is CCNC(=NCC1(N(C)C)CCOCC1)NC(C)c1ccc(OCC2CC2)c(F)c1.I. The second-order valence-electron chi connectivity index (χ2n) is 8.74. The third-order valence-corrected chi connectivity index (χ3v) is 6.23. The third kappa shape index (κ3) is 7.46. The van der Waals surface area contributed by atoms with E-state index in [4.69, 9.17) is 14.5 Å². The van der Waals surface area contributed by atoms with Gasteiger partial charge < -0.3 is 25.0 Å². The molecule has 1 aliphatic carbocycles. The average Bonchev–Trinajstić information content (AvgIpc) is 3.56. The lowest BCUT2D eigenvalue weighted by molar-refractivity contribution is -0.00255. The number of nitrogens with zero attached hydrogens (tertiary/aromatic N) is 2. The molecule has 1 atom stereocenters. The smallest absolute Gasteiger partial charge is 0.191 e. The summed E-state index contributed by atoms with van der Waals surface area (Å²) in [6, 6.07) is 5.13. The highest BCUT2D eigenvalue weighted by atomic mass is 127. The number of aliphatic imine (C=N–C) groups is 1. The van der Waals surface area contributed by atoms with Gasteiger partial charge in [0.2, 0.25) is 0 Å². The Balaban J connectivity index is 0.00000341. The fourth-order valence-corrected chi connectivity index (χ4v) is 3.73. The number of likely N-dealkylation sites (N-methyl/N-ethyl adjacent to an activating group) is 1. The molecule has 0 spiro atoms. The van der Waals surface area contributed by atoms with Gasteiger partial charge in [0.25, 0.3) is 0 Å². The fourth-order valence-electron chi connectivity index (χ4n) is 3.73. The molecule has 3 rings (SSSR count). The van der Waals surface area contributed by atoms with Gasteiger partial charge in [-0.05, 0) is 77.2 Å². The first-order valence-electron chi connectivity index (χ1n) is 11.2. The topological polar surface area (TPSA) is 58.1 Å². The van der Waals surface area contributed by atoms with Gasteiger partial charge in [-0.2, -0.15) is 0 Å². The van der Waals surface area contributed by atoms with Crippen LogP contribution in [0.1, 0.15) is 51.1 Å². The largest absolute Gasteiger partial charge is 0.490 e. The molecule has 176 valence electrons. The van der Waals surface area contributed by atoms with Crippen molar-refractivity contribution in [3.05, 3.63) is 29.6 Å². The monoisotopic (exact) mass is 548 g/mol. The van der Waals surface area contributed by atoms with Crippen molar-refractivity contribution >= 4 is 29.9 Å². The quantitative estimate of drug-likeness (QED) is 0.278. The minimum atomic E-state index is -0.308. The van der Waals surface area contributed by atoms with Gasteiger partial charge in [0.05, 0.1) is 19.2 Å². The van der Waals surface area contributed by atoms with E-state index in [1.54, 1.807) is 12.1 Å². The van der Waals surface area contributed by atoms with Crippen molar-refractivity contribution in [1.82, 2.24) is 15.5 Å². The van der Waals surface area contributed by atoms with Crippen LogP contribution < -0.4 is 15.4 Å². The maximum atomic E-state index is 14.5. The summed E-state index contributed by atoms with van der Waals surface area (Å²) in [7, 11) is 4.22. The Labute approximate surface area is 203 Å². The van der Waals surface area contributed by atoms with E-state index in [1.165, 1.54) is 12.8 Å². The van der Waals surface area contributed by atoms with E-state index >= 15 is 0 Å². The third-order valence-electron chi connectivity index (χ3n) is 6.23. The molecule has 2 aliphatic rings. The molecule has 0 radical (unpaired) electrons. The average molecular weight is 548 g/mol. The van der Waals surface area contributed by atoms with Gasteiger partial charge in [-0.15, -0.1) is 24.0 Å². The van der Waals surface area contributed by atoms with Crippen LogP contribution in [0.2, 0.25) is 0 Å². The van der Waals surface area contributed by atoms with Crippen LogP contribution in [0, 0.1) is 11.7 Å². The number of halogens is 2. The van der Waals surface area contributed by atoms with Gasteiger partial charge in [-0.25, -0.2) is 4.39 Å². The van der Waals surface area contributed by atoms with E-state index < -0.39 is 0 Å². The van der Waals surface area contributed by atoms with Crippen LogP contribution >= 0.6 is 24.0 Å². The van der Waals surface area contributed by atoms with Gasteiger partial charge >= 0.3 is 0 Å². The number of nitrogens with one attached hydrogen (secondary N) is 2. The molecule has 1 aliphatic heterocycles. The zero-order valence-electron chi connectivity index (χ0n) is 19.2. The Bertz CT molecular complexity index is 722. The summed E-state index contributed by atoms with van der Waals surface area (Å²) in [5, 5.41) is 6.73. The first-order chi connectivity index (χ1) is 14.4. The molecule has 0 bridgehead atoms. The van der Waals surface area contributed by atoms with Crippen LogP contribution in [-0.4, -0.2) is 63.4 Å². The van der Waals surface area contributed by atoms with Crippen LogP contribution in [0.5, 0.6) is 5.75 Å². The highest BCUT2D eigenvalue weighted by Crippen LogP contribution is 2.31. The standard InChI is InChI=1S/C23H37FN4O2.HI/c1-5-25-22(26-16-23(28(3)4)10-12-29-13-11-23)27-17(2)19-8-9-21(20(24)14-19)30-15-18-6-7-18;/h8-9,14,17-18H,5-7,10-13,15-16H2,1-4H3,(H2,25,26,27);1H. The molecule has 0 amide bonds. The Morgan fingerprint density at radius 1 is 1.32 bits per heavy atom. The van der Waals surface area contributed by atoms with Gasteiger partial charge in [0, 0.05) is 25.3 Å². The molecule has 1 aromatic rings. The summed E-state index contributed by atoms with van der Waals surface area (Å²) >= 11 is 0. The van der Waals surface area contributed by atoms with Crippen LogP contribution in [0.4, 0.5) is 4.39 Å². The second-order valence-corrected chi connectivity index (χ2v) is 8.74. The normalized spacial score (nSPS) is 19.5. The Morgan fingerprint density at radius 2 is 2.03 bits per heavy atom. The molecule has 1 heterocycles. The minimum Gasteiger partial charge on any atom is -0.490 e. The molecular weight excluding hydrogens is 510 g/mol. The summed E-state index contributed by atoms with van der Waals surface area (Å²) in [6.07, 6.45) is 4.31. The lowest BCUT2D eigenvalue weighted by Gasteiger charge is -2.41. The zero-order valence-corrected chi connectivity index (χ0v) is 21.6. The van der Waals surface area contributed by atoms with Gasteiger partial charge in [-0.3, -0.25) is 4.99 Å². The van der Waals surface area contributed by atoms with Crippen LogP contribution in [0.25, 0.3) is 0 Å². The molecule has 1 saturated heterocycles. The zero-order chi connectivity index (χ0) is 21.6. The lowest BCUT2D eigenvalue weighted by atomic mass is 9.89. The maximum absolute atomic E-state index is 14.5. The molecule has 6 nitrogen and oxygen atoms in total. The van der Waals surface area contributed by atoms with Crippen LogP contribution in [0.15, 0.2) is 23.2 Å². The van der Waals surface area contributed by atoms with E-state index in [2.05, 4.69) is 29.6 Å². The number of hydrogen-bond acceptors (Lipinski definition) is 4. The van der Waals surface area contributed by atoms with Gasteiger partial charge in [-0.1, -0.05) is 6.07 Å². The van der Waals surface area contributed by atoms with E-state index in [0.717, 1.165) is 44.1 Å². The summed E-state index contributed by atoms with van der Waals surface area (Å²) in [5.74, 6) is 1.38. The highest BCUT2D eigenvalue weighted by Gasteiger charge is 2.34. The highest BCUT2D eigenvalue weighted by molar-refractivity contribution is 14.0. The Morgan fingerprint density at radius 3 is 2.61 bits per heavy atom. The number of guanidine groups is 1. The number of hydrogen-bond donors (Lipinski definition) is 2. The van der Waals surface area contributed by atoms with Crippen LogP contribution in [0.3, 0.4) is 0 Å². The van der Waals surface area contributed by atoms with Crippen molar-refractivity contribution in [3.63, 3.8) is 0 Å². The fraction of sp³-hybridized carbons (Fsp3) is 0.696.